The van der Waals surface area contributed by atoms with E-state index in [0.717, 1.165) is 10.9 Å². The van der Waals surface area contributed by atoms with Crippen LogP contribution in [0.25, 0.3) is 10.9 Å². The summed E-state index contributed by atoms with van der Waals surface area (Å²) in [5, 5.41) is 6.48. The maximum atomic E-state index is 12.3. The largest absolute Gasteiger partial charge is 0.497 e. The second-order valence-electron chi connectivity index (χ2n) is 5.06. The number of amides is 2. The van der Waals surface area contributed by atoms with E-state index in [4.69, 9.17) is 9.47 Å². The van der Waals surface area contributed by atoms with Crippen molar-refractivity contribution in [2.75, 3.05) is 24.9 Å². The first-order valence-electron chi connectivity index (χ1n) is 7.34. The Labute approximate surface area is 139 Å². The molecule has 6 heteroatoms. The zero-order chi connectivity index (χ0) is 16.9. The van der Waals surface area contributed by atoms with Gasteiger partial charge in [-0.1, -0.05) is 18.2 Å². The number of anilines is 2. The van der Waals surface area contributed by atoms with Gasteiger partial charge in [0.15, 0.2) is 0 Å². The van der Waals surface area contributed by atoms with Crippen molar-refractivity contribution in [2.45, 2.75) is 0 Å². The minimum Gasteiger partial charge on any atom is -0.497 e. The number of ether oxygens (including phenoxy) is 2. The number of benzene rings is 2. The fourth-order valence-electron chi connectivity index (χ4n) is 2.37. The number of aromatic nitrogens is 1. The number of rotatable bonds is 4. The van der Waals surface area contributed by atoms with Gasteiger partial charge in [0.05, 0.1) is 25.4 Å². The molecule has 3 aromatic rings. The zero-order valence-corrected chi connectivity index (χ0v) is 13.4. The third-order valence-corrected chi connectivity index (χ3v) is 3.51. The van der Waals surface area contributed by atoms with Crippen molar-refractivity contribution in [3.63, 3.8) is 0 Å². The Morgan fingerprint density at radius 2 is 1.67 bits per heavy atom. The predicted molar refractivity (Wildman–Crippen MR) is 93.9 cm³/mol. The molecule has 24 heavy (non-hydrogen) atoms. The SMILES string of the molecule is COc1cc(NC(=O)Nc2ccnc3ccccc23)cc(OC)c1. The Balaban J connectivity index is 1.80. The highest BCUT2D eigenvalue weighted by Crippen LogP contribution is 2.26. The lowest BCUT2D eigenvalue weighted by molar-refractivity contribution is 0.262. The van der Waals surface area contributed by atoms with E-state index in [-0.39, 0.29) is 6.03 Å². The molecule has 6 nitrogen and oxygen atoms in total. The van der Waals surface area contributed by atoms with Crippen molar-refractivity contribution in [3.8, 4) is 11.5 Å². The van der Waals surface area contributed by atoms with Gasteiger partial charge in [-0.25, -0.2) is 4.79 Å². The summed E-state index contributed by atoms with van der Waals surface area (Å²) < 4.78 is 10.4. The van der Waals surface area contributed by atoms with Crippen LogP contribution in [0.5, 0.6) is 11.5 Å². The second-order valence-corrected chi connectivity index (χ2v) is 5.06. The van der Waals surface area contributed by atoms with Crippen LogP contribution in [0.4, 0.5) is 16.2 Å². The number of nitrogens with zero attached hydrogens (tertiary/aromatic N) is 1. The average molecular weight is 323 g/mol. The molecule has 0 radical (unpaired) electrons. The molecule has 0 bridgehead atoms. The van der Waals surface area contributed by atoms with Crippen LogP contribution in [0, 0.1) is 0 Å². The number of hydrogen-bond donors (Lipinski definition) is 2. The molecule has 122 valence electrons. The summed E-state index contributed by atoms with van der Waals surface area (Å²) in [6.45, 7) is 0. The van der Waals surface area contributed by atoms with Crippen LogP contribution in [0.2, 0.25) is 0 Å². The van der Waals surface area contributed by atoms with Gasteiger partial charge in [-0.3, -0.25) is 4.98 Å². The molecule has 0 fully saturated rings. The molecule has 0 spiro atoms. The van der Waals surface area contributed by atoms with Crippen molar-refractivity contribution in [1.82, 2.24) is 4.98 Å². The maximum Gasteiger partial charge on any atom is 0.323 e. The highest BCUT2D eigenvalue weighted by Gasteiger charge is 2.08. The Hall–Kier alpha value is -3.28. The number of urea groups is 1. The fraction of sp³-hybridized carbons (Fsp3) is 0.111. The van der Waals surface area contributed by atoms with Gasteiger partial charge < -0.3 is 20.1 Å². The minimum atomic E-state index is -0.360. The van der Waals surface area contributed by atoms with Crippen molar-refractivity contribution in [1.29, 1.82) is 0 Å². The number of carbonyl (C=O) groups excluding carboxylic acids is 1. The number of fused-ring (bicyclic) bond motifs is 1. The summed E-state index contributed by atoms with van der Waals surface area (Å²) in [5.74, 6) is 1.19. The fourth-order valence-corrected chi connectivity index (χ4v) is 2.37. The van der Waals surface area contributed by atoms with Crippen LogP contribution in [0.1, 0.15) is 0 Å². The van der Waals surface area contributed by atoms with E-state index in [2.05, 4.69) is 15.6 Å². The third kappa shape index (κ3) is 3.38. The Kier molecular flexibility index (Phi) is 4.47. The number of nitrogens with one attached hydrogen (secondary N) is 2. The third-order valence-electron chi connectivity index (χ3n) is 3.51. The molecule has 2 amide bonds. The molecular weight excluding hydrogens is 306 g/mol. The molecular formula is C18H17N3O3. The molecule has 2 N–H and O–H groups in total. The highest BCUT2D eigenvalue weighted by atomic mass is 16.5. The normalized spacial score (nSPS) is 10.2. The van der Waals surface area contributed by atoms with Crippen LogP contribution in [0.15, 0.2) is 54.7 Å². The first-order valence-corrected chi connectivity index (χ1v) is 7.34. The smallest absolute Gasteiger partial charge is 0.323 e. The Bertz CT molecular complexity index is 853. The standard InChI is InChI=1S/C18H17N3O3/c1-23-13-9-12(10-14(11-13)24-2)20-18(22)21-17-7-8-19-16-6-4-3-5-15(16)17/h3-11H,1-2H3,(H2,19,20,21,22). The number of pyridine rings is 1. The summed E-state index contributed by atoms with van der Waals surface area (Å²) >= 11 is 0. The summed E-state index contributed by atoms with van der Waals surface area (Å²) in [7, 11) is 3.11. The van der Waals surface area contributed by atoms with Crippen molar-refractivity contribution in [3.05, 3.63) is 54.7 Å². The average Bonchev–Trinajstić information content (AvgIpc) is 2.61. The van der Waals surface area contributed by atoms with E-state index in [1.807, 2.05) is 24.3 Å². The van der Waals surface area contributed by atoms with Gasteiger partial charge in [0.25, 0.3) is 0 Å². The van der Waals surface area contributed by atoms with Crippen LogP contribution in [0.3, 0.4) is 0 Å². The molecule has 0 unspecified atom stereocenters. The van der Waals surface area contributed by atoms with Crippen molar-refractivity contribution >= 4 is 28.3 Å². The summed E-state index contributed by atoms with van der Waals surface area (Å²) in [6.07, 6.45) is 1.66. The molecule has 0 aliphatic carbocycles. The van der Waals surface area contributed by atoms with Crippen LogP contribution in [-0.2, 0) is 0 Å². The molecule has 0 aliphatic rings. The van der Waals surface area contributed by atoms with Gasteiger partial charge in [0, 0.05) is 35.5 Å². The summed E-state index contributed by atoms with van der Waals surface area (Å²) in [4.78, 5) is 16.6. The molecule has 0 saturated carbocycles. The molecule has 0 atom stereocenters. The van der Waals surface area contributed by atoms with Crippen LogP contribution in [-0.4, -0.2) is 25.2 Å². The lowest BCUT2D eigenvalue weighted by Gasteiger charge is -2.12. The molecule has 2 aromatic carbocycles. The number of para-hydroxylation sites is 1. The van der Waals surface area contributed by atoms with Crippen molar-refractivity contribution < 1.29 is 14.3 Å². The van der Waals surface area contributed by atoms with Crippen molar-refractivity contribution in [2.24, 2.45) is 0 Å². The molecule has 3 rings (SSSR count). The minimum absolute atomic E-state index is 0.360. The van der Waals surface area contributed by atoms with E-state index >= 15 is 0 Å². The number of hydrogen-bond acceptors (Lipinski definition) is 4. The van der Waals surface area contributed by atoms with Gasteiger partial charge >= 0.3 is 6.03 Å². The van der Waals surface area contributed by atoms with E-state index in [9.17, 15) is 4.79 Å². The van der Waals surface area contributed by atoms with Gasteiger partial charge in [-0.2, -0.15) is 0 Å². The molecule has 1 heterocycles. The monoisotopic (exact) mass is 323 g/mol. The maximum absolute atomic E-state index is 12.3. The molecule has 0 saturated heterocycles. The zero-order valence-electron chi connectivity index (χ0n) is 13.4. The first kappa shape index (κ1) is 15.6. The van der Waals surface area contributed by atoms with Crippen LogP contribution >= 0.6 is 0 Å². The predicted octanol–water partition coefficient (Wildman–Crippen LogP) is 3.90. The quantitative estimate of drug-likeness (QED) is 0.764. The number of carbonyl (C=O) groups is 1. The van der Waals surface area contributed by atoms with Gasteiger partial charge in [0.2, 0.25) is 0 Å². The van der Waals surface area contributed by atoms with Gasteiger partial charge in [0.1, 0.15) is 11.5 Å². The topological polar surface area (TPSA) is 72.5 Å². The molecule has 1 aromatic heterocycles. The lowest BCUT2D eigenvalue weighted by Crippen LogP contribution is -2.19. The highest BCUT2D eigenvalue weighted by molar-refractivity contribution is 6.05. The first-order chi connectivity index (χ1) is 11.7. The van der Waals surface area contributed by atoms with Gasteiger partial charge in [-0.15, -0.1) is 0 Å². The van der Waals surface area contributed by atoms with E-state index < -0.39 is 0 Å². The molecule has 0 aliphatic heterocycles. The van der Waals surface area contributed by atoms with E-state index in [1.165, 1.54) is 0 Å². The summed E-state index contributed by atoms with van der Waals surface area (Å²) in [6, 6.07) is 14.2. The van der Waals surface area contributed by atoms with E-state index in [0.29, 0.717) is 22.9 Å². The lowest BCUT2D eigenvalue weighted by atomic mass is 10.2. The second kappa shape index (κ2) is 6.87. The Morgan fingerprint density at radius 1 is 0.958 bits per heavy atom. The summed E-state index contributed by atoms with van der Waals surface area (Å²) in [5.41, 5.74) is 2.08. The Morgan fingerprint density at radius 3 is 2.38 bits per heavy atom. The van der Waals surface area contributed by atoms with Crippen LogP contribution < -0.4 is 20.1 Å². The van der Waals surface area contributed by atoms with Gasteiger partial charge in [-0.05, 0) is 12.1 Å². The number of methoxy groups -OCH3 is 2. The van der Waals surface area contributed by atoms with E-state index in [1.54, 1.807) is 44.7 Å².